The summed E-state index contributed by atoms with van der Waals surface area (Å²) in [5.74, 6) is 0.952. The number of aromatic nitrogens is 2. The molecule has 0 aliphatic carbocycles. The van der Waals surface area contributed by atoms with Crippen LogP contribution in [0.5, 0.6) is 0 Å². The maximum atomic E-state index is 12.4. The van der Waals surface area contributed by atoms with E-state index >= 15 is 0 Å². The van der Waals surface area contributed by atoms with Gasteiger partial charge in [-0.05, 0) is 43.3 Å². The number of fused-ring (bicyclic) bond motifs is 1. The summed E-state index contributed by atoms with van der Waals surface area (Å²) < 4.78 is 2.06. The Labute approximate surface area is 114 Å². The second-order valence-electron chi connectivity index (χ2n) is 4.32. The van der Waals surface area contributed by atoms with Crippen LogP contribution < -0.4 is 5.56 Å². The highest BCUT2D eigenvalue weighted by molar-refractivity contribution is 7.99. The Bertz CT molecular complexity index is 731. The van der Waals surface area contributed by atoms with E-state index in [9.17, 15) is 4.79 Å². The van der Waals surface area contributed by atoms with E-state index in [1.807, 2.05) is 31.2 Å². The van der Waals surface area contributed by atoms with Crippen molar-refractivity contribution in [1.29, 1.82) is 0 Å². The van der Waals surface area contributed by atoms with E-state index in [0.29, 0.717) is 4.77 Å². The minimum atomic E-state index is 0.00171. The van der Waals surface area contributed by atoms with Crippen molar-refractivity contribution in [3.8, 4) is 5.69 Å². The molecule has 2 aromatic rings. The van der Waals surface area contributed by atoms with Gasteiger partial charge < -0.3 is 4.98 Å². The molecule has 0 bridgehead atoms. The first-order chi connectivity index (χ1) is 8.66. The topological polar surface area (TPSA) is 37.8 Å². The summed E-state index contributed by atoms with van der Waals surface area (Å²) in [5.41, 5.74) is 2.93. The molecule has 3 nitrogen and oxygen atoms in total. The molecule has 0 unspecified atom stereocenters. The normalized spacial score (nSPS) is 13.6. The Morgan fingerprint density at radius 1 is 1.44 bits per heavy atom. The number of rotatable bonds is 1. The van der Waals surface area contributed by atoms with Crippen molar-refractivity contribution >= 4 is 24.0 Å². The molecule has 2 heterocycles. The van der Waals surface area contributed by atoms with Crippen molar-refractivity contribution in [2.45, 2.75) is 18.2 Å². The third-order valence-electron chi connectivity index (χ3n) is 2.99. The van der Waals surface area contributed by atoms with Crippen molar-refractivity contribution in [3.63, 3.8) is 0 Å². The summed E-state index contributed by atoms with van der Waals surface area (Å²) in [6, 6.07) is 7.82. The van der Waals surface area contributed by atoms with Crippen LogP contribution in [-0.2, 0) is 6.42 Å². The molecular weight excluding hydrogens is 264 g/mol. The van der Waals surface area contributed by atoms with Crippen LogP contribution in [0.4, 0.5) is 0 Å². The summed E-state index contributed by atoms with van der Waals surface area (Å²) in [5, 5.41) is 0. The first-order valence-corrected chi connectivity index (χ1v) is 7.14. The summed E-state index contributed by atoms with van der Waals surface area (Å²) in [6.07, 6.45) is 0.896. The van der Waals surface area contributed by atoms with E-state index in [0.717, 1.165) is 34.0 Å². The van der Waals surface area contributed by atoms with E-state index in [4.69, 9.17) is 12.2 Å². The lowest BCUT2D eigenvalue weighted by Gasteiger charge is -2.09. The van der Waals surface area contributed by atoms with Crippen LogP contribution in [0.3, 0.4) is 0 Å². The fourth-order valence-corrected chi connectivity index (χ4v) is 3.51. The van der Waals surface area contributed by atoms with Crippen LogP contribution in [-0.4, -0.2) is 15.3 Å². The first kappa shape index (κ1) is 11.7. The first-order valence-electron chi connectivity index (χ1n) is 5.75. The predicted octanol–water partition coefficient (Wildman–Crippen LogP) is 2.85. The van der Waals surface area contributed by atoms with Crippen LogP contribution in [0, 0.1) is 11.7 Å². The van der Waals surface area contributed by atoms with Gasteiger partial charge in [0.15, 0.2) is 4.77 Å². The maximum absolute atomic E-state index is 12.4. The Morgan fingerprint density at radius 2 is 2.28 bits per heavy atom. The largest absolute Gasteiger partial charge is 0.334 e. The average Bonchev–Trinajstić information content (AvgIpc) is 2.77. The van der Waals surface area contributed by atoms with Crippen molar-refractivity contribution in [2.24, 2.45) is 0 Å². The Morgan fingerprint density at radius 3 is 3.06 bits per heavy atom. The van der Waals surface area contributed by atoms with E-state index < -0.39 is 0 Å². The molecule has 3 rings (SSSR count). The molecular formula is C13H12N2OS2. The molecule has 1 aromatic carbocycles. The van der Waals surface area contributed by atoms with Gasteiger partial charge >= 0.3 is 0 Å². The van der Waals surface area contributed by atoms with Crippen LogP contribution in [0.15, 0.2) is 34.0 Å². The second-order valence-corrected chi connectivity index (χ2v) is 5.81. The number of H-pyrrole nitrogens is 1. The Balaban J connectivity index is 2.31. The molecule has 1 N–H and O–H groups in total. The SMILES string of the molecule is Cc1cccc(-n2c(=S)[nH]c3c(c2=O)SCC3)c1. The van der Waals surface area contributed by atoms with Gasteiger partial charge in [0.05, 0.1) is 10.6 Å². The third kappa shape index (κ3) is 1.83. The number of hydrogen-bond donors (Lipinski definition) is 1. The highest BCUT2D eigenvalue weighted by atomic mass is 32.2. The summed E-state index contributed by atoms with van der Waals surface area (Å²) in [4.78, 5) is 16.4. The number of nitrogens with one attached hydrogen (secondary N) is 1. The lowest BCUT2D eigenvalue weighted by molar-refractivity contribution is 0.834. The van der Waals surface area contributed by atoms with Crippen LogP contribution >= 0.6 is 24.0 Å². The summed E-state index contributed by atoms with van der Waals surface area (Å²) in [7, 11) is 0. The van der Waals surface area contributed by atoms with Gasteiger partial charge in [0.25, 0.3) is 5.56 Å². The zero-order valence-corrected chi connectivity index (χ0v) is 11.5. The molecule has 1 aromatic heterocycles. The molecule has 0 fully saturated rings. The van der Waals surface area contributed by atoms with Crippen LogP contribution in [0.2, 0.25) is 0 Å². The molecule has 1 aliphatic heterocycles. The number of thioether (sulfide) groups is 1. The zero-order chi connectivity index (χ0) is 12.7. The molecule has 1 aliphatic rings. The van der Waals surface area contributed by atoms with Gasteiger partial charge in [-0.3, -0.25) is 9.36 Å². The Hall–Kier alpha value is -1.33. The van der Waals surface area contributed by atoms with Gasteiger partial charge in [0, 0.05) is 11.4 Å². The maximum Gasteiger partial charge on any atom is 0.272 e. The average molecular weight is 276 g/mol. The third-order valence-corrected chi connectivity index (χ3v) is 4.39. The fourth-order valence-electron chi connectivity index (χ4n) is 2.15. The Kier molecular flexibility index (Phi) is 2.87. The summed E-state index contributed by atoms with van der Waals surface area (Å²) in [6.45, 7) is 2.00. The minimum Gasteiger partial charge on any atom is -0.334 e. The van der Waals surface area contributed by atoms with Gasteiger partial charge in [-0.2, -0.15) is 0 Å². The van der Waals surface area contributed by atoms with Crippen LogP contribution in [0.25, 0.3) is 5.69 Å². The molecule has 18 heavy (non-hydrogen) atoms. The second kappa shape index (κ2) is 4.40. The van der Waals surface area contributed by atoms with Crippen molar-refractivity contribution < 1.29 is 0 Å². The lowest BCUT2D eigenvalue weighted by Crippen LogP contribution is -2.22. The standard InChI is InChI=1S/C13H12N2OS2/c1-8-3-2-4-9(7-8)15-12(16)11-10(5-6-18-11)14-13(15)17/h2-4,7H,5-6H2,1H3,(H,14,17). The number of aromatic amines is 1. The highest BCUT2D eigenvalue weighted by Crippen LogP contribution is 2.26. The number of aryl methyl sites for hydroxylation is 2. The molecule has 92 valence electrons. The molecule has 0 atom stereocenters. The fraction of sp³-hybridized carbons (Fsp3) is 0.231. The van der Waals surface area contributed by atoms with Crippen molar-refractivity contribution in [1.82, 2.24) is 9.55 Å². The predicted molar refractivity (Wildman–Crippen MR) is 76.4 cm³/mol. The lowest BCUT2D eigenvalue weighted by atomic mass is 10.2. The number of nitrogens with zero attached hydrogens (tertiary/aromatic N) is 1. The molecule has 0 spiro atoms. The number of hydrogen-bond acceptors (Lipinski definition) is 3. The van der Waals surface area contributed by atoms with E-state index in [-0.39, 0.29) is 5.56 Å². The number of benzene rings is 1. The quantitative estimate of drug-likeness (QED) is 0.814. The minimum absolute atomic E-state index is 0.00171. The zero-order valence-electron chi connectivity index (χ0n) is 9.90. The molecule has 0 radical (unpaired) electrons. The van der Waals surface area contributed by atoms with Gasteiger partial charge in [-0.1, -0.05) is 12.1 Å². The highest BCUT2D eigenvalue weighted by Gasteiger charge is 2.18. The molecule has 0 saturated carbocycles. The molecule has 5 heteroatoms. The molecule has 0 saturated heterocycles. The van der Waals surface area contributed by atoms with Gasteiger partial charge in [-0.15, -0.1) is 11.8 Å². The smallest absolute Gasteiger partial charge is 0.272 e. The van der Waals surface area contributed by atoms with E-state index in [2.05, 4.69) is 4.98 Å². The summed E-state index contributed by atoms with van der Waals surface area (Å²) >= 11 is 6.91. The van der Waals surface area contributed by atoms with Gasteiger partial charge in [-0.25, -0.2) is 0 Å². The van der Waals surface area contributed by atoms with E-state index in [1.54, 1.807) is 16.3 Å². The van der Waals surface area contributed by atoms with Gasteiger partial charge in [0.1, 0.15) is 0 Å². The van der Waals surface area contributed by atoms with E-state index in [1.165, 1.54) is 0 Å². The van der Waals surface area contributed by atoms with Crippen molar-refractivity contribution in [3.05, 3.63) is 50.6 Å². The monoisotopic (exact) mass is 276 g/mol. The van der Waals surface area contributed by atoms with Crippen molar-refractivity contribution in [2.75, 3.05) is 5.75 Å². The van der Waals surface area contributed by atoms with Crippen LogP contribution in [0.1, 0.15) is 11.3 Å². The molecule has 0 amide bonds. The van der Waals surface area contributed by atoms with Gasteiger partial charge in [0.2, 0.25) is 0 Å².